The molecule has 0 amide bonds. The van der Waals surface area contributed by atoms with Crippen LogP contribution in [0.25, 0.3) is 0 Å². The Balaban J connectivity index is 2.66. The van der Waals surface area contributed by atoms with Gasteiger partial charge in [-0.05, 0) is 71.2 Å². The summed E-state index contributed by atoms with van der Waals surface area (Å²) in [6.07, 6.45) is 4.22. The molecule has 3 nitrogen and oxygen atoms in total. The molecule has 0 spiro atoms. The van der Waals surface area contributed by atoms with Gasteiger partial charge < -0.3 is 5.32 Å². The quantitative estimate of drug-likeness (QED) is 0.461. The Morgan fingerprint density at radius 3 is 2.63 bits per heavy atom. The van der Waals surface area contributed by atoms with Crippen LogP contribution in [0.15, 0.2) is 28.9 Å². The molecule has 0 aromatic rings. The van der Waals surface area contributed by atoms with Crippen molar-refractivity contribution in [3.63, 3.8) is 0 Å². The van der Waals surface area contributed by atoms with Crippen molar-refractivity contribution in [3.8, 4) is 0 Å². The van der Waals surface area contributed by atoms with E-state index in [1.807, 2.05) is 0 Å². The highest BCUT2D eigenvalue weighted by Crippen LogP contribution is 2.26. The predicted molar refractivity (Wildman–Crippen MR) is 87.4 cm³/mol. The molecule has 0 saturated heterocycles. The SMILES string of the molecule is C=C(C)[C@H]1CC=C(C)C(=NNC(=S)NC(C)(C)C)C1. The zero-order valence-electron chi connectivity index (χ0n) is 12.6. The molecular weight excluding hydrogens is 254 g/mol. The van der Waals surface area contributed by atoms with Gasteiger partial charge >= 0.3 is 0 Å². The molecule has 0 aromatic heterocycles. The molecule has 1 aliphatic carbocycles. The van der Waals surface area contributed by atoms with Crippen LogP contribution >= 0.6 is 12.2 Å². The predicted octanol–water partition coefficient (Wildman–Crippen LogP) is 3.54. The first-order valence-corrected chi connectivity index (χ1v) is 7.07. The van der Waals surface area contributed by atoms with Crippen LogP contribution < -0.4 is 10.7 Å². The van der Waals surface area contributed by atoms with Crippen LogP contribution in [0.3, 0.4) is 0 Å². The average molecular weight is 279 g/mol. The maximum Gasteiger partial charge on any atom is 0.187 e. The maximum absolute atomic E-state index is 5.22. The number of hydrazone groups is 1. The van der Waals surface area contributed by atoms with E-state index in [-0.39, 0.29) is 5.54 Å². The van der Waals surface area contributed by atoms with Gasteiger partial charge in [0, 0.05) is 5.54 Å². The van der Waals surface area contributed by atoms with Gasteiger partial charge in [-0.2, -0.15) is 5.10 Å². The Hall–Kier alpha value is -1.16. The van der Waals surface area contributed by atoms with Crippen LogP contribution in [0.2, 0.25) is 0 Å². The van der Waals surface area contributed by atoms with Crippen LogP contribution in [0.4, 0.5) is 0 Å². The third kappa shape index (κ3) is 5.55. The Bertz CT molecular complexity index is 427. The zero-order valence-corrected chi connectivity index (χ0v) is 13.4. The Kier molecular flexibility index (Phi) is 5.29. The second-order valence-electron chi connectivity index (χ2n) is 6.24. The molecule has 1 rings (SSSR count). The van der Waals surface area contributed by atoms with Gasteiger partial charge in [0.05, 0.1) is 5.71 Å². The minimum atomic E-state index is -0.0536. The summed E-state index contributed by atoms with van der Waals surface area (Å²) in [4.78, 5) is 0. The van der Waals surface area contributed by atoms with Crippen LogP contribution in [0, 0.1) is 5.92 Å². The number of hydrogen-bond acceptors (Lipinski definition) is 2. The van der Waals surface area contributed by atoms with E-state index in [0.29, 0.717) is 11.0 Å². The lowest BCUT2D eigenvalue weighted by molar-refractivity contribution is 0.507. The molecule has 1 atom stereocenters. The Labute approximate surface area is 122 Å². The van der Waals surface area contributed by atoms with Crippen LogP contribution in [-0.4, -0.2) is 16.4 Å². The molecule has 0 bridgehead atoms. The summed E-state index contributed by atoms with van der Waals surface area (Å²) < 4.78 is 0. The summed E-state index contributed by atoms with van der Waals surface area (Å²) in [5.74, 6) is 0.494. The molecule has 2 N–H and O–H groups in total. The largest absolute Gasteiger partial charge is 0.357 e. The fraction of sp³-hybridized carbons (Fsp3) is 0.600. The van der Waals surface area contributed by atoms with E-state index < -0.39 is 0 Å². The lowest BCUT2D eigenvalue weighted by Gasteiger charge is -2.24. The van der Waals surface area contributed by atoms with E-state index >= 15 is 0 Å². The number of nitrogens with one attached hydrogen (secondary N) is 2. The van der Waals surface area contributed by atoms with E-state index in [9.17, 15) is 0 Å². The second-order valence-corrected chi connectivity index (χ2v) is 6.65. The molecule has 0 unspecified atom stereocenters. The summed E-state index contributed by atoms with van der Waals surface area (Å²) in [6.45, 7) is 14.4. The molecule has 4 heteroatoms. The first-order valence-electron chi connectivity index (χ1n) is 6.66. The topological polar surface area (TPSA) is 36.4 Å². The standard InChI is InChI=1S/C15H25N3S/c1-10(2)12-8-7-11(3)13(9-12)17-18-14(19)16-15(4,5)6/h7,12H,1,8-9H2,2-6H3,(H2,16,18,19)/t12-/m0/s1. The monoisotopic (exact) mass is 279 g/mol. The third-order valence-electron chi connectivity index (χ3n) is 3.08. The Morgan fingerprint density at radius 1 is 1.47 bits per heavy atom. The molecular formula is C15H25N3S. The van der Waals surface area contributed by atoms with E-state index in [1.165, 1.54) is 11.1 Å². The first-order chi connectivity index (χ1) is 8.69. The second kappa shape index (κ2) is 6.33. The van der Waals surface area contributed by atoms with Crippen molar-refractivity contribution < 1.29 is 0 Å². The summed E-state index contributed by atoms with van der Waals surface area (Å²) >= 11 is 5.22. The van der Waals surface area contributed by atoms with Crippen molar-refractivity contribution in [1.29, 1.82) is 0 Å². The van der Waals surface area contributed by atoms with Gasteiger partial charge in [0.15, 0.2) is 5.11 Å². The minimum Gasteiger partial charge on any atom is -0.357 e. The van der Waals surface area contributed by atoms with Gasteiger partial charge in [-0.1, -0.05) is 18.2 Å². The highest BCUT2D eigenvalue weighted by molar-refractivity contribution is 7.80. The van der Waals surface area contributed by atoms with Gasteiger partial charge in [0.25, 0.3) is 0 Å². The van der Waals surface area contributed by atoms with Crippen LogP contribution in [0.5, 0.6) is 0 Å². The molecule has 0 fully saturated rings. The highest BCUT2D eigenvalue weighted by atomic mass is 32.1. The zero-order chi connectivity index (χ0) is 14.6. The van der Waals surface area contributed by atoms with Gasteiger partial charge in [0.2, 0.25) is 0 Å². The first kappa shape index (κ1) is 15.9. The van der Waals surface area contributed by atoms with E-state index in [2.05, 4.69) is 63.1 Å². The van der Waals surface area contributed by atoms with Crippen molar-refractivity contribution >= 4 is 23.0 Å². The minimum absolute atomic E-state index is 0.0536. The van der Waals surface area contributed by atoms with Gasteiger partial charge in [-0.25, -0.2) is 0 Å². The van der Waals surface area contributed by atoms with Crippen LogP contribution in [0.1, 0.15) is 47.5 Å². The van der Waals surface area contributed by atoms with Crippen LogP contribution in [-0.2, 0) is 0 Å². The number of thiocarbonyl (C=S) groups is 1. The molecule has 19 heavy (non-hydrogen) atoms. The molecule has 0 aromatic carbocycles. The normalized spacial score (nSPS) is 21.8. The van der Waals surface area contributed by atoms with E-state index in [4.69, 9.17) is 12.2 Å². The lowest BCUT2D eigenvalue weighted by Crippen LogP contribution is -2.45. The fourth-order valence-corrected chi connectivity index (χ4v) is 2.26. The maximum atomic E-state index is 5.22. The Morgan fingerprint density at radius 2 is 2.11 bits per heavy atom. The number of allylic oxidation sites excluding steroid dienone is 3. The van der Waals surface area contributed by atoms with Crippen molar-refractivity contribution in [2.24, 2.45) is 11.0 Å². The van der Waals surface area contributed by atoms with Crippen molar-refractivity contribution in [1.82, 2.24) is 10.7 Å². The van der Waals surface area contributed by atoms with Crippen molar-refractivity contribution in [3.05, 3.63) is 23.8 Å². The third-order valence-corrected chi connectivity index (χ3v) is 3.27. The summed E-state index contributed by atoms with van der Waals surface area (Å²) in [6, 6.07) is 0. The van der Waals surface area contributed by atoms with Gasteiger partial charge in [-0.15, -0.1) is 0 Å². The lowest BCUT2D eigenvalue weighted by atomic mass is 9.85. The molecule has 0 aliphatic heterocycles. The molecule has 106 valence electrons. The van der Waals surface area contributed by atoms with E-state index in [1.54, 1.807) is 0 Å². The fourth-order valence-electron chi connectivity index (χ4n) is 1.91. The number of nitrogens with zero attached hydrogens (tertiary/aromatic N) is 1. The molecule has 0 saturated carbocycles. The number of hydrogen-bond donors (Lipinski definition) is 2. The number of rotatable bonds is 2. The summed E-state index contributed by atoms with van der Waals surface area (Å²) in [7, 11) is 0. The smallest absolute Gasteiger partial charge is 0.187 e. The molecule has 0 heterocycles. The average Bonchev–Trinajstić information content (AvgIpc) is 2.25. The summed E-state index contributed by atoms with van der Waals surface area (Å²) in [5.41, 5.74) is 6.39. The van der Waals surface area contributed by atoms with Crippen molar-refractivity contribution in [2.75, 3.05) is 0 Å². The van der Waals surface area contributed by atoms with Gasteiger partial charge in [-0.3, -0.25) is 5.43 Å². The van der Waals surface area contributed by atoms with Crippen molar-refractivity contribution in [2.45, 2.75) is 53.0 Å². The highest BCUT2D eigenvalue weighted by Gasteiger charge is 2.18. The molecule has 0 radical (unpaired) electrons. The van der Waals surface area contributed by atoms with Gasteiger partial charge in [0.1, 0.15) is 0 Å². The summed E-state index contributed by atoms with van der Waals surface area (Å²) in [5, 5.41) is 8.18. The van der Waals surface area contributed by atoms with E-state index in [0.717, 1.165) is 18.6 Å². The molecule has 1 aliphatic rings.